The Morgan fingerprint density at radius 3 is 1.53 bits per heavy atom. The van der Waals surface area contributed by atoms with Crippen molar-refractivity contribution in [1.82, 2.24) is 5.32 Å². The molecule has 0 aromatic heterocycles. The van der Waals surface area contributed by atoms with Crippen LogP contribution in [0.2, 0.25) is 0 Å². The Hall–Kier alpha value is -1.07. The fourth-order valence-electron chi connectivity index (χ4n) is 7.87. The first kappa shape index (κ1) is 53.9. The molecule has 0 unspecified atom stereocenters. The molecule has 0 aromatic rings. The van der Waals surface area contributed by atoms with Gasteiger partial charge in [-0.3, -0.25) is 4.79 Å². The third kappa shape index (κ3) is 29.7. The van der Waals surface area contributed by atoms with E-state index in [-0.39, 0.29) is 12.5 Å². The van der Waals surface area contributed by atoms with Gasteiger partial charge >= 0.3 is 0 Å². The largest absolute Gasteiger partial charge is 0.394 e. The summed E-state index contributed by atoms with van der Waals surface area (Å²) in [5, 5.41) is 54.2. The summed E-state index contributed by atoms with van der Waals surface area (Å²) in [4.78, 5) is 13.0. The molecule has 0 bridgehead atoms. The fraction of sp³-hybridized carbons (Fsp3) is 0.938. The number of rotatable bonds is 40. The molecule has 1 fully saturated rings. The average molecular weight is 812 g/mol. The zero-order valence-electron chi connectivity index (χ0n) is 37.3. The SMILES string of the molecule is CCCCCCCCCCCCCCCCCCCCCCCCC(=O)N[C@@H](CO[C@@H]1O[C@H](CO)[C@@H](O)[C@H](O)[C@H]1O)[C@H](O)/C=C/CCCCCCCCCC(C)C. The summed E-state index contributed by atoms with van der Waals surface area (Å²) in [5.74, 6) is 0.605. The van der Waals surface area contributed by atoms with E-state index < -0.39 is 49.5 Å². The maximum Gasteiger partial charge on any atom is 0.220 e. The molecule has 6 N–H and O–H groups in total. The van der Waals surface area contributed by atoms with Gasteiger partial charge in [-0.25, -0.2) is 0 Å². The number of amides is 1. The van der Waals surface area contributed by atoms with Gasteiger partial charge in [0.25, 0.3) is 0 Å². The lowest BCUT2D eigenvalue weighted by Crippen LogP contribution is -2.60. The average Bonchev–Trinajstić information content (AvgIpc) is 3.19. The molecule has 1 amide bonds. The van der Waals surface area contributed by atoms with Gasteiger partial charge in [-0.15, -0.1) is 0 Å². The van der Waals surface area contributed by atoms with Crippen LogP contribution in [0.5, 0.6) is 0 Å². The number of aliphatic hydroxyl groups is 5. The Balaban J connectivity index is 2.26. The fourth-order valence-corrected chi connectivity index (χ4v) is 7.87. The van der Waals surface area contributed by atoms with Gasteiger partial charge in [-0.2, -0.15) is 0 Å². The maximum absolute atomic E-state index is 13.0. The van der Waals surface area contributed by atoms with E-state index in [4.69, 9.17) is 9.47 Å². The van der Waals surface area contributed by atoms with Crippen LogP contribution in [0.15, 0.2) is 12.2 Å². The van der Waals surface area contributed by atoms with Crippen molar-refractivity contribution in [3.8, 4) is 0 Å². The molecular formula is C48H93NO8. The minimum absolute atomic E-state index is 0.175. The van der Waals surface area contributed by atoms with Crippen LogP contribution in [0, 0.1) is 5.92 Å². The van der Waals surface area contributed by atoms with Crippen LogP contribution in [0.4, 0.5) is 0 Å². The Bertz CT molecular complexity index is 917. The van der Waals surface area contributed by atoms with E-state index in [1.165, 1.54) is 161 Å². The van der Waals surface area contributed by atoms with Gasteiger partial charge in [-0.1, -0.05) is 213 Å². The summed E-state index contributed by atoms with van der Waals surface area (Å²) >= 11 is 0. The molecule has 1 aliphatic heterocycles. The van der Waals surface area contributed by atoms with Crippen LogP contribution < -0.4 is 5.32 Å². The molecule has 0 aromatic carbocycles. The van der Waals surface area contributed by atoms with Gasteiger partial charge in [0.15, 0.2) is 6.29 Å². The Labute approximate surface area is 350 Å². The highest BCUT2D eigenvalue weighted by atomic mass is 16.7. The number of unbranched alkanes of at least 4 members (excludes halogenated alkanes) is 28. The third-order valence-electron chi connectivity index (χ3n) is 11.8. The van der Waals surface area contributed by atoms with Crippen LogP contribution in [-0.4, -0.2) is 87.5 Å². The lowest BCUT2D eigenvalue weighted by atomic mass is 9.99. The highest BCUT2D eigenvalue weighted by Crippen LogP contribution is 2.23. The Morgan fingerprint density at radius 1 is 0.632 bits per heavy atom. The van der Waals surface area contributed by atoms with Crippen LogP contribution in [-0.2, 0) is 14.3 Å². The van der Waals surface area contributed by atoms with E-state index in [0.29, 0.717) is 6.42 Å². The Kier molecular flexibility index (Phi) is 35.9. The summed E-state index contributed by atoms with van der Waals surface area (Å²) < 4.78 is 11.2. The summed E-state index contributed by atoms with van der Waals surface area (Å²) in [6, 6.07) is -0.799. The second kappa shape index (κ2) is 37.9. The molecule has 9 nitrogen and oxygen atoms in total. The molecule has 0 radical (unpaired) electrons. The topological polar surface area (TPSA) is 149 Å². The lowest BCUT2D eigenvalue weighted by molar-refractivity contribution is -0.302. The van der Waals surface area contributed by atoms with Crippen LogP contribution >= 0.6 is 0 Å². The molecule has 57 heavy (non-hydrogen) atoms. The van der Waals surface area contributed by atoms with Gasteiger partial charge < -0.3 is 40.3 Å². The molecule has 1 rings (SSSR count). The van der Waals surface area contributed by atoms with E-state index in [1.807, 2.05) is 6.08 Å². The van der Waals surface area contributed by atoms with Gasteiger partial charge in [0, 0.05) is 6.42 Å². The minimum Gasteiger partial charge on any atom is -0.394 e. The molecule has 0 spiro atoms. The molecule has 9 heteroatoms. The highest BCUT2D eigenvalue weighted by molar-refractivity contribution is 5.76. The third-order valence-corrected chi connectivity index (χ3v) is 11.8. The second-order valence-corrected chi connectivity index (χ2v) is 17.7. The predicted octanol–water partition coefficient (Wildman–Crippen LogP) is 10.4. The molecule has 1 saturated heterocycles. The van der Waals surface area contributed by atoms with Gasteiger partial charge in [0.1, 0.15) is 24.4 Å². The normalized spacial score (nSPS) is 21.1. The quantitative estimate of drug-likeness (QED) is 0.0265. The number of carbonyl (C=O) groups excluding carboxylic acids is 1. The Morgan fingerprint density at radius 2 is 1.07 bits per heavy atom. The number of ether oxygens (including phenoxy) is 2. The molecular weight excluding hydrogens is 719 g/mol. The second-order valence-electron chi connectivity index (χ2n) is 17.7. The predicted molar refractivity (Wildman–Crippen MR) is 235 cm³/mol. The van der Waals surface area contributed by atoms with E-state index >= 15 is 0 Å². The zero-order chi connectivity index (χ0) is 41.8. The summed E-state index contributed by atoms with van der Waals surface area (Å²) in [6.45, 7) is 6.09. The first-order valence-corrected chi connectivity index (χ1v) is 24.3. The van der Waals surface area contributed by atoms with Crippen molar-refractivity contribution < 1.29 is 39.8 Å². The van der Waals surface area contributed by atoms with Crippen molar-refractivity contribution >= 4 is 5.91 Å². The maximum atomic E-state index is 13.0. The summed E-state index contributed by atoms with van der Waals surface area (Å²) in [6.07, 6.45) is 35.6. The van der Waals surface area contributed by atoms with Crippen molar-refractivity contribution in [3.05, 3.63) is 12.2 Å². The molecule has 0 aliphatic carbocycles. The van der Waals surface area contributed by atoms with Crippen LogP contribution in [0.3, 0.4) is 0 Å². The number of nitrogens with one attached hydrogen (secondary N) is 1. The van der Waals surface area contributed by atoms with Crippen molar-refractivity contribution in [3.63, 3.8) is 0 Å². The number of aliphatic hydroxyl groups excluding tert-OH is 5. The zero-order valence-corrected chi connectivity index (χ0v) is 37.3. The van der Waals surface area contributed by atoms with Crippen molar-refractivity contribution in [2.45, 2.75) is 269 Å². The summed E-state index contributed by atoms with van der Waals surface area (Å²) in [5.41, 5.74) is 0. The smallest absolute Gasteiger partial charge is 0.220 e. The molecule has 338 valence electrons. The number of hydrogen-bond acceptors (Lipinski definition) is 8. The van der Waals surface area contributed by atoms with Gasteiger partial charge in [-0.05, 0) is 25.2 Å². The van der Waals surface area contributed by atoms with E-state index in [2.05, 4.69) is 26.1 Å². The lowest BCUT2D eigenvalue weighted by Gasteiger charge is -2.40. The monoisotopic (exact) mass is 812 g/mol. The summed E-state index contributed by atoms with van der Waals surface area (Å²) in [7, 11) is 0. The van der Waals surface area contributed by atoms with Crippen molar-refractivity contribution in [1.29, 1.82) is 0 Å². The molecule has 1 aliphatic rings. The number of allylic oxidation sites excluding steroid dienone is 1. The number of hydrogen-bond donors (Lipinski definition) is 6. The van der Waals surface area contributed by atoms with Crippen LogP contribution in [0.1, 0.15) is 226 Å². The van der Waals surface area contributed by atoms with Gasteiger partial charge in [0.05, 0.1) is 25.4 Å². The molecule has 1 heterocycles. The first-order chi connectivity index (χ1) is 27.7. The van der Waals surface area contributed by atoms with Gasteiger partial charge in [0.2, 0.25) is 5.91 Å². The van der Waals surface area contributed by atoms with Crippen molar-refractivity contribution in [2.75, 3.05) is 13.2 Å². The molecule has 0 saturated carbocycles. The van der Waals surface area contributed by atoms with Crippen molar-refractivity contribution in [2.24, 2.45) is 5.92 Å². The van der Waals surface area contributed by atoms with E-state index in [9.17, 15) is 30.3 Å². The standard InChI is InChI=1S/C48H93NO8/c1-4-5-6-7-8-9-10-11-12-13-14-15-16-17-18-19-20-21-25-28-31-34-37-44(52)49-41(39-56-48-47(55)46(54)45(53)43(38-50)57-48)42(51)36-33-30-27-24-22-23-26-29-32-35-40(2)3/h33,36,40-43,45-48,50-51,53-55H,4-32,34-35,37-39H2,1-3H3,(H,49,52)/b36-33+/t41-,42+,43+,45+,46-,47+,48+/m0/s1. The number of carbonyl (C=O) groups is 1. The first-order valence-electron chi connectivity index (χ1n) is 24.3. The minimum atomic E-state index is -1.56. The molecule has 7 atom stereocenters. The van der Waals surface area contributed by atoms with E-state index in [0.717, 1.165) is 44.4 Å². The van der Waals surface area contributed by atoms with Crippen LogP contribution in [0.25, 0.3) is 0 Å². The van der Waals surface area contributed by atoms with E-state index in [1.54, 1.807) is 6.08 Å². The highest BCUT2D eigenvalue weighted by Gasteiger charge is 2.44.